The topological polar surface area (TPSA) is 17.1 Å². The fourth-order valence-corrected chi connectivity index (χ4v) is 2.23. The number of ketones is 1. The number of carbonyl (C=O) groups excluding carboxylic acids is 1. The highest BCUT2D eigenvalue weighted by Crippen LogP contribution is 2.17. The molecule has 0 aliphatic rings. The molecule has 0 atom stereocenters. The first-order valence-electron chi connectivity index (χ1n) is 6.01. The molecule has 0 bridgehead atoms. The van der Waals surface area contributed by atoms with Gasteiger partial charge in [0, 0.05) is 17.0 Å². The first-order valence-corrected chi connectivity index (χ1v) is 6.39. The Hall–Kier alpha value is -1.67. The van der Waals surface area contributed by atoms with E-state index < -0.39 is 5.82 Å². The predicted molar refractivity (Wildman–Crippen MR) is 75.4 cm³/mol. The van der Waals surface area contributed by atoms with Gasteiger partial charge in [0.15, 0.2) is 5.78 Å². The molecule has 0 aromatic heterocycles. The number of aryl methyl sites for hydroxylation is 2. The molecular weight excluding hydrogens is 263 g/mol. The van der Waals surface area contributed by atoms with E-state index in [4.69, 9.17) is 11.6 Å². The molecule has 1 nitrogen and oxygen atoms in total. The maximum absolute atomic E-state index is 13.6. The molecule has 98 valence electrons. The Morgan fingerprint density at radius 3 is 2.32 bits per heavy atom. The van der Waals surface area contributed by atoms with E-state index in [0.29, 0.717) is 16.1 Å². The van der Waals surface area contributed by atoms with Gasteiger partial charge in [0.1, 0.15) is 5.82 Å². The number of hydrogen-bond donors (Lipinski definition) is 0. The van der Waals surface area contributed by atoms with Gasteiger partial charge in [-0.1, -0.05) is 34.9 Å². The summed E-state index contributed by atoms with van der Waals surface area (Å²) < 4.78 is 13.6. The van der Waals surface area contributed by atoms with E-state index in [1.54, 1.807) is 12.1 Å². The molecule has 0 aliphatic heterocycles. The van der Waals surface area contributed by atoms with Gasteiger partial charge >= 0.3 is 0 Å². The number of benzene rings is 2. The second-order valence-corrected chi connectivity index (χ2v) is 5.15. The first kappa shape index (κ1) is 13.8. The van der Waals surface area contributed by atoms with Gasteiger partial charge in [-0.3, -0.25) is 4.79 Å². The summed E-state index contributed by atoms with van der Waals surface area (Å²) >= 11 is 5.69. The van der Waals surface area contributed by atoms with Crippen LogP contribution in [0.2, 0.25) is 5.02 Å². The highest BCUT2D eigenvalue weighted by molar-refractivity contribution is 6.30. The van der Waals surface area contributed by atoms with Crippen molar-refractivity contribution in [1.29, 1.82) is 0 Å². The van der Waals surface area contributed by atoms with Gasteiger partial charge in [0.05, 0.1) is 0 Å². The molecule has 0 amide bonds. The number of halogens is 2. The molecule has 2 aromatic rings. The Kier molecular flexibility index (Phi) is 4.01. The van der Waals surface area contributed by atoms with Gasteiger partial charge in [0.25, 0.3) is 0 Å². The van der Waals surface area contributed by atoms with E-state index in [0.717, 1.165) is 11.1 Å². The molecule has 0 N–H and O–H groups in total. The summed E-state index contributed by atoms with van der Waals surface area (Å²) in [5.74, 6) is -0.529. The van der Waals surface area contributed by atoms with Crippen molar-refractivity contribution in [1.82, 2.24) is 0 Å². The van der Waals surface area contributed by atoms with Gasteiger partial charge in [0.2, 0.25) is 0 Å². The van der Waals surface area contributed by atoms with Crippen LogP contribution >= 0.6 is 11.6 Å². The lowest BCUT2D eigenvalue weighted by molar-refractivity contribution is 0.0991. The average Bonchev–Trinajstić information content (AvgIpc) is 2.31. The van der Waals surface area contributed by atoms with E-state index in [2.05, 4.69) is 0 Å². The number of rotatable bonds is 3. The molecule has 0 unspecified atom stereocenters. The number of carbonyl (C=O) groups is 1. The minimum Gasteiger partial charge on any atom is -0.294 e. The lowest BCUT2D eigenvalue weighted by atomic mass is 9.99. The molecule has 0 saturated heterocycles. The SMILES string of the molecule is Cc1cc(C)cc(C(=O)Cc2ccc(Cl)cc2F)c1. The summed E-state index contributed by atoms with van der Waals surface area (Å²) in [6.45, 7) is 3.87. The Bertz CT molecular complexity index is 614. The molecule has 19 heavy (non-hydrogen) atoms. The van der Waals surface area contributed by atoms with E-state index in [-0.39, 0.29) is 12.2 Å². The van der Waals surface area contributed by atoms with Gasteiger partial charge in [-0.2, -0.15) is 0 Å². The van der Waals surface area contributed by atoms with Crippen molar-refractivity contribution in [2.75, 3.05) is 0 Å². The second-order valence-electron chi connectivity index (χ2n) is 4.71. The molecule has 0 saturated carbocycles. The molecule has 2 rings (SSSR count). The number of Topliss-reactive ketones (excluding diaryl/α,β-unsaturated/α-hetero) is 1. The summed E-state index contributed by atoms with van der Waals surface area (Å²) in [7, 11) is 0. The molecular formula is C16H14ClFO. The third-order valence-corrected chi connectivity index (χ3v) is 3.14. The summed E-state index contributed by atoms with van der Waals surface area (Å²) in [5.41, 5.74) is 3.04. The van der Waals surface area contributed by atoms with Crippen LogP contribution in [-0.2, 0) is 6.42 Å². The van der Waals surface area contributed by atoms with Crippen LogP contribution in [0.25, 0.3) is 0 Å². The Morgan fingerprint density at radius 1 is 1.11 bits per heavy atom. The Labute approximate surface area is 117 Å². The van der Waals surface area contributed by atoms with E-state index in [9.17, 15) is 9.18 Å². The normalized spacial score (nSPS) is 10.5. The number of hydrogen-bond acceptors (Lipinski definition) is 1. The standard InChI is InChI=1S/C16H14ClFO/c1-10-5-11(2)7-13(6-10)16(19)8-12-3-4-14(17)9-15(12)18/h3-7,9H,8H2,1-2H3. The van der Waals surface area contributed by atoms with E-state index in [1.807, 2.05) is 32.0 Å². The van der Waals surface area contributed by atoms with E-state index in [1.165, 1.54) is 6.07 Å². The van der Waals surface area contributed by atoms with Crippen molar-refractivity contribution in [3.8, 4) is 0 Å². The summed E-state index contributed by atoms with van der Waals surface area (Å²) in [5, 5.41) is 0.333. The van der Waals surface area contributed by atoms with Crippen LogP contribution in [0, 0.1) is 19.7 Å². The van der Waals surface area contributed by atoms with Crippen molar-refractivity contribution in [2.45, 2.75) is 20.3 Å². The quantitative estimate of drug-likeness (QED) is 0.753. The second kappa shape index (κ2) is 5.54. The van der Waals surface area contributed by atoms with Crippen molar-refractivity contribution in [3.05, 3.63) is 69.5 Å². The van der Waals surface area contributed by atoms with Gasteiger partial charge < -0.3 is 0 Å². The highest BCUT2D eigenvalue weighted by atomic mass is 35.5. The zero-order valence-electron chi connectivity index (χ0n) is 10.8. The van der Waals surface area contributed by atoms with Crippen molar-refractivity contribution in [3.63, 3.8) is 0 Å². The predicted octanol–water partition coefficient (Wildman–Crippen LogP) is 4.52. The first-order chi connectivity index (χ1) is 8.95. The van der Waals surface area contributed by atoms with Crippen molar-refractivity contribution < 1.29 is 9.18 Å². The summed E-state index contributed by atoms with van der Waals surface area (Å²) in [6, 6.07) is 10.0. The average molecular weight is 277 g/mol. The molecule has 2 aromatic carbocycles. The van der Waals surface area contributed by atoms with Crippen LogP contribution in [0.1, 0.15) is 27.0 Å². The van der Waals surface area contributed by atoms with Crippen molar-refractivity contribution in [2.24, 2.45) is 0 Å². The zero-order valence-corrected chi connectivity index (χ0v) is 11.6. The Morgan fingerprint density at radius 2 is 1.74 bits per heavy atom. The van der Waals surface area contributed by atoms with Crippen LogP contribution < -0.4 is 0 Å². The van der Waals surface area contributed by atoms with Crippen molar-refractivity contribution >= 4 is 17.4 Å². The van der Waals surface area contributed by atoms with Gasteiger partial charge in [-0.05, 0) is 43.7 Å². The fourth-order valence-electron chi connectivity index (χ4n) is 2.08. The maximum atomic E-state index is 13.6. The van der Waals surface area contributed by atoms with Crippen LogP contribution in [-0.4, -0.2) is 5.78 Å². The Balaban J connectivity index is 2.25. The summed E-state index contributed by atoms with van der Waals surface area (Å²) in [6.07, 6.45) is 0.0475. The minimum atomic E-state index is -0.440. The molecule has 0 aliphatic carbocycles. The lowest BCUT2D eigenvalue weighted by Crippen LogP contribution is -2.06. The molecule has 0 heterocycles. The lowest BCUT2D eigenvalue weighted by Gasteiger charge is -2.06. The smallest absolute Gasteiger partial charge is 0.167 e. The molecule has 0 radical (unpaired) electrons. The highest BCUT2D eigenvalue weighted by Gasteiger charge is 2.11. The van der Waals surface area contributed by atoms with Crippen LogP contribution in [0.5, 0.6) is 0 Å². The van der Waals surface area contributed by atoms with E-state index >= 15 is 0 Å². The van der Waals surface area contributed by atoms with Gasteiger partial charge in [-0.25, -0.2) is 4.39 Å². The third kappa shape index (κ3) is 3.42. The maximum Gasteiger partial charge on any atom is 0.167 e. The summed E-state index contributed by atoms with van der Waals surface area (Å²) in [4.78, 5) is 12.2. The van der Waals surface area contributed by atoms with Crippen LogP contribution in [0.3, 0.4) is 0 Å². The zero-order chi connectivity index (χ0) is 14.0. The van der Waals surface area contributed by atoms with Gasteiger partial charge in [-0.15, -0.1) is 0 Å². The minimum absolute atomic E-state index is 0.0475. The monoisotopic (exact) mass is 276 g/mol. The molecule has 0 fully saturated rings. The molecule has 0 spiro atoms. The fraction of sp³-hybridized carbons (Fsp3) is 0.188. The molecule has 3 heteroatoms. The largest absolute Gasteiger partial charge is 0.294 e. The van der Waals surface area contributed by atoms with Crippen LogP contribution in [0.15, 0.2) is 36.4 Å². The van der Waals surface area contributed by atoms with Crippen LogP contribution in [0.4, 0.5) is 4.39 Å². The third-order valence-electron chi connectivity index (χ3n) is 2.91.